The fraction of sp³-hybridized carbons (Fsp3) is 0.750. The van der Waals surface area contributed by atoms with E-state index in [0.717, 1.165) is 12.8 Å². The van der Waals surface area contributed by atoms with Crippen LogP contribution in [0.4, 0.5) is 4.79 Å². The molecule has 0 heterocycles. The van der Waals surface area contributed by atoms with Crippen molar-refractivity contribution in [3.8, 4) is 0 Å². The fourth-order valence-corrected chi connectivity index (χ4v) is 3.02. The summed E-state index contributed by atoms with van der Waals surface area (Å²) >= 11 is 0. The van der Waals surface area contributed by atoms with Gasteiger partial charge in [0.05, 0.1) is 13.2 Å². The number of alkyl carbamates (subject to hydrolysis) is 1. The van der Waals surface area contributed by atoms with Gasteiger partial charge in [-0.2, -0.15) is 0 Å². The fourth-order valence-electron chi connectivity index (χ4n) is 3.02. The van der Waals surface area contributed by atoms with Gasteiger partial charge in [0.25, 0.3) is 0 Å². The molecule has 168 valence electrons. The molecule has 0 aromatic rings. The van der Waals surface area contributed by atoms with E-state index >= 15 is 0 Å². The zero-order chi connectivity index (χ0) is 21.6. The maximum absolute atomic E-state index is 12.1. The van der Waals surface area contributed by atoms with Crippen molar-refractivity contribution in [2.45, 2.75) is 103 Å². The van der Waals surface area contributed by atoms with Gasteiger partial charge in [-0.1, -0.05) is 89.7 Å². The van der Waals surface area contributed by atoms with E-state index in [1.165, 1.54) is 64.2 Å². The van der Waals surface area contributed by atoms with Crippen molar-refractivity contribution in [3.05, 3.63) is 25.3 Å². The minimum absolute atomic E-state index is 0.240. The lowest BCUT2D eigenvalue weighted by atomic mass is 10.1. The van der Waals surface area contributed by atoms with Gasteiger partial charge in [0, 0.05) is 0 Å². The number of ether oxygens (including phenoxy) is 2. The molecule has 0 rings (SSSR count). The first-order valence-electron chi connectivity index (χ1n) is 11.5. The Morgan fingerprint density at radius 3 is 1.86 bits per heavy atom. The number of rotatable bonds is 20. The smallest absolute Gasteiger partial charge is 0.407 e. The third kappa shape index (κ3) is 18.0. The van der Waals surface area contributed by atoms with E-state index in [0.29, 0.717) is 19.4 Å². The third-order valence-corrected chi connectivity index (χ3v) is 4.78. The average Bonchev–Trinajstić information content (AvgIpc) is 2.71. The van der Waals surface area contributed by atoms with Crippen molar-refractivity contribution in [1.82, 2.24) is 5.32 Å². The highest BCUT2D eigenvalue weighted by Crippen LogP contribution is 2.12. The van der Waals surface area contributed by atoms with Gasteiger partial charge in [-0.25, -0.2) is 9.59 Å². The standard InChI is InChI=1S/C24H43NO4/c1-4-7-9-10-11-12-13-14-15-16-17-18-21-28-23(26)22(19-6-3)25-24(27)29-20-8-5-2/h5-6,22H,2-4,7-21H2,1H3,(H,25,27). The van der Waals surface area contributed by atoms with Crippen LogP contribution in [0.5, 0.6) is 0 Å². The molecule has 0 aliphatic rings. The van der Waals surface area contributed by atoms with Crippen LogP contribution in [0.2, 0.25) is 0 Å². The summed E-state index contributed by atoms with van der Waals surface area (Å²) in [6, 6.07) is -0.749. The number of hydrogen-bond acceptors (Lipinski definition) is 4. The molecule has 0 aliphatic carbocycles. The van der Waals surface area contributed by atoms with E-state index in [4.69, 9.17) is 9.47 Å². The van der Waals surface area contributed by atoms with Gasteiger partial charge < -0.3 is 14.8 Å². The molecule has 0 bridgehead atoms. The van der Waals surface area contributed by atoms with Crippen LogP contribution in [0.15, 0.2) is 25.3 Å². The number of amides is 1. The molecule has 0 aromatic carbocycles. The Kier molecular flexibility index (Phi) is 19.7. The summed E-state index contributed by atoms with van der Waals surface area (Å²) in [5, 5.41) is 2.53. The summed E-state index contributed by atoms with van der Waals surface area (Å²) in [6.07, 6.45) is 18.7. The molecule has 1 N–H and O–H groups in total. The molecule has 1 amide bonds. The maximum atomic E-state index is 12.1. The molecule has 5 nitrogen and oxygen atoms in total. The average molecular weight is 410 g/mol. The Bertz CT molecular complexity index is 437. The molecule has 0 aliphatic heterocycles. The topological polar surface area (TPSA) is 64.6 Å². The number of carbonyl (C=O) groups excluding carboxylic acids is 2. The molecule has 1 atom stereocenters. The van der Waals surface area contributed by atoms with Crippen molar-refractivity contribution in [2.24, 2.45) is 0 Å². The van der Waals surface area contributed by atoms with Crippen molar-refractivity contribution >= 4 is 12.1 Å². The quantitative estimate of drug-likeness (QED) is 0.142. The highest BCUT2D eigenvalue weighted by Gasteiger charge is 2.21. The predicted molar refractivity (Wildman–Crippen MR) is 120 cm³/mol. The second-order valence-corrected chi connectivity index (χ2v) is 7.49. The largest absolute Gasteiger partial charge is 0.464 e. The Morgan fingerprint density at radius 2 is 1.34 bits per heavy atom. The summed E-state index contributed by atoms with van der Waals surface area (Å²) in [5.74, 6) is -0.436. The highest BCUT2D eigenvalue weighted by molar-refractivity contribution is 5.81. The van der Waals surface area contributed by atoms with Crippen molar-refractivity contribution in [3.63, 3.8) is 0 Å². The Balaban J connectivity index is 3.69. The summed E-state index contributed by atoms with van der Waals surface area (Å²) in [6.45, 7) is 10.1. The molecular weight excluding hydrogens is 366 g/mol. The van der Waals surface area contributed by atoms with Crippen LogP contribution in [0.1, 0.15) is 96.8 Å². The molecule has 0 aromatic heterocycles. The summed E-state index contributed by atoms with van der Waals surface area (Å²) in [5.41, 5.74) is 0. The van der Waals surface area contributed by atoms with Crippen molar-refractivity contribution in [1.29, 1.82) is 0 Å². The van der Waals surface area contributed by atoms with Gasteiger partial charge in [0.15, 0.2) is 0 Å². The first-order chi connectivity index (χ1) is 14.2. The summed E-state index contributed by atoms with van der Waals surface area (Å²) < 4.78 is 10.3. The van der Waals surface area contributed by atoms with Gasteiger partial charge in [0.1, 0.15) is 6.04 Å². The lowest BCUT2D eigenvalue weighted by Gasteiger charge is -2.16. The number of hydrogen-bond donors (Lipinski definition) is 1. The molecule has 29 heavy (non-hydrogen) atoms. The molecule has 0 spiro atoms. The van der Waals surface area contributed by atoms with E-state index < -0.39 is 18.1 Å². The van der Waals surface area contributed by atoms with E-state index in [1.54, 1.807) is 12.2 Å². The number of unbranched alkanes of at least 4 members (excludes halogenated alkanes) is 11. The number of nitrogens with one attached hydrogen (secondary N) is 1. The predicted octanol–water partition coefficient (Wildman–Crippen LogP) is 6.48. The van der Waals surface area contributed by atoms with Crippen LogP contribution < -0.4 is 5.32 Å². The molecule has 0 radical (unpaired) electrons. The third-order valence-electron chi connectivity index (χ3n) is 4.78. The Labute approximate surface area is 178 Å². The first-order valence-corrected chi connectivity index (χ1v) is 11.5. The van der Waals surface area contributed by atoms with Crippen molar-refractivity contribution in [2.75, 3.05) is 13.2 Å². The minimum atomic E-state index is -0.749. The Hall–Kier alpha value is -1.78. The van der Waals surface area contributed by atoms with Gasteiger partial charge in [0.2, 0.25) is 0 Å². The normalized spacial score (nSPS) is 11.5. The molecule has 0 saturated carbocycles. The van der Waals surface area contributed by atoms with Gasteiger partial charge in [-0.3, -0.25) is 0 Å². The van der Waals surface area contributed by atoms with Gasteiger partial charge in [-0.05, 0) is 19.3 Å². The van der Waals surface area contributed by atoms with Crippen LogP contribution in [0, 0.1) is 0 Å². The minimum Gasteiger partial charge on any atom is -0.464 e. The summed E-state index contributed by atoms with van der Waals surface area (Å²) in [7, 11) is 0. The molecule has 0 saturated heterocycles. The van der Waals surface area contributed by atoms with Gasteiger partial charge >= 0.3 is 12.1 Å². The monoisotopic (exact) mass is 409 g/mol. The van der Waals surface area contributed by atoms with E-state index in [1.807, 2.05) is 0 Å². The lowest BCUT2D eigenvalue weighted by Crippen LogP contribution is -2.42. The second-order valence-electron chi connectivity index (χ2n) is 7.49. The second kappa shape index (κ2) is 20.9. The van der Waals surface area contributed by atoms with Crippen LogP contribution in [-0.2, 0) is 14.3 Å². The van der Waals surface area contributed by atoms with Crippen LogP contribution in [-0.4, -0.2) is 31.3 Å². The zero-order valence-electron chi connectivity index (χ0n) is 18.6. The highest BCUT2D eigenvalue weighted by atomic mass is 16.6. The molecule has 1 unspecified atom stereocenters. The van der Waals surface area contributed by atoms with Gasteiger partial charge in [-0.15, -0.1) is 13.2 Å². The number of carbonyl (C=O) groups is 2. The number of esters is 1. The van der Waals surface area contributed by atoms with Crippen molar-refractivity contribution < 1.29 is 19.1 Å². The Morgan fingerprint density at radius 1 is 0.793 bits per heavy atom. The zero-order valence-corrected chi connectivity index (χ0v) is 18.6. The summed E-state index contributed by atoms with van der Waals surface area (Å²) in [4.78, 5) is 23.8. The van der Waals surface area contributed by atoms with Crippen LogP contribution >= 0.6 is 0 Å². The molecule has 5 heteroatoms. The SMILES string of the molecule is C=CCCOC(=O)NC(CC=C)C(=O)OCCCCCCCCCCCCCC. The molecule has 0 fully saturated rings. The van der Waals surface area contributed by atoms with Crippen LogP contribution in [0.25, 0.3) is 0 Å². The van der Waals surface area contributed by atoms with E-state index in [9.17, 15) is 9.59 Å². The van der Waals surface area contributed by atoms with E-state index in [-0.39, 0.29) is 6.61 Å². The molecular formula is C24H43NO4. The van der Waals surface area contributed by atoms with Crippen LogP contribution in [0.3, 0.4) is 0 Å². The first kappa shape index (κ1) is 27.2. The lowest BCUT2D eigenvalue weighted by molar-refractivity contribution is -0.146. The van der Waals surface area contributed by atoms with E-state index in [2.05, 4.69) is 25.4 Å². The maximum Gasteiger partial charge on any atom is 0.407 e.